The van der Waals surface area contributed by atoms with E-state index in [-0.39, 0.29) is 0 Å². The van der Waals surface area contributed by atoms with Crippen LogP contribution in [-0.2, 0) is 12.8 Å². The van der Waals surface area contributed by atoms with E-state index in [1.54, 1.807) is 0 Å². The number of rotatable bonds is 6. The van der Waals surface area contributed by atoms with Crippen molar-refractivity contribution in [1.82, 2.24) is 0 Å². The fraction of sp³-hybridized carbons (Fsp3) is 0.0857. The summed E-state index contributed by atoms with van der Waals surface area (Å²) < 4.78 is 0. The zero-order valence-electron chi connectivity index (χ0n) is 19.9. The van der Waals surface area contributed by atoms with Crippen LogP contribution in [0.1, 0.15) is 28.7 Å². The zero-order chi connectivity index (χ0) is 23.8. The molecule has 0 atom stereocenters. The summed E-state index contributed by atoms with van der Waals surface area (Å²) in [5.41, 5.74) is 5.19. The predicted octanol–water partition coefficient (Wildman–Crippen LogP) is 9.76. The minimum Gasteiger partial charge on any atom is -0.0985 e. The second-order valence-corrected chi connectivity index (χ2v) is 9.39. The van der Waals surface area contributed by atoms with Crippen molar-refractivity contribution in [1.29, 1.82) is 0 Å². The third-order valence-electron chi connectivity index (χ3n) is 7.30. The van der Waals surface area contributed by atoms with E-state index >= 15 is 0 Å². The first-order chi connectivity index (χ1) is 17.2. The van der Waals surface area contributed by atoms with Gasteiger partial charge in [0, 0.05) is 0 Å². The highest BCUT2D eigenvalue weighted by atomic mass is 14.1. The predicted molar refractivity (Wildman–Crippen MR) is 155 cm³/mol. The maximum Gasteiger partial charge on any atom is -0.00993 e. The fourth-order valence-corrected chi connectivity index (χ4v) is 5.53. The molecule has 0 N–H and O–H groups in total. The van der Waals surface area contributed by atoms with Gasteiger partial charge in [-0.2, -0.15) is 0 Å². The molecule has 0 heterocycles. The Labute approximate surface area is 206 Å². The van der Waals surface area contributed by atoms with Gasteiger partial charge in [-0.25, -0.2) is 0 Å². The lowest BCUT2D eigenvalue weighted by Gasteiger charge is -2.13. The molecule has 0 nitrogen and oxygen atoms in total. The molecule has 0 saturated heterocycles. The monoisotopic (exact) mass is 448 g/mol. The molecule has 0 fully saturated rings. The number of hydrogen-bond acceptors (Lipinski definition) is 0. The highest BCUT2D eigenvalue weighted by Crippen LogP contribution is 2.33. The van der Waals surface area contributed by atoms with Crippen molar-refractivity contribution in [3.8, 4) is 0 Å². The van der Waals surface area contributed by atoms with Gasteiger partial charge in [0.2, 0.25) is 0 Å². The van der Waals surface area contributed by atoms with Gasteiger partial charge >= 0.3 is 0 Å². The summed E-state index contributed by atoms with van der Waals surface area (Å²) in [4.78, 5) is 0. The van der Waals surface area contributed by atoms with Crippen molar-refractivity contribution < 1.29 is 0 Å². The van der Waals surface area contributed by atoms with E-state index in [0.29, 0.717) is 0 Å². The molecule has 0 spiro atoms. The van der Waals surface area contributed by atoms with Crippen LogP contribution in [0.15, 0.2) is 110 Å². The van der Waals surface area contributed by atoms with E-state index in [1.807, 2.05) is 12.2 Å². The highest BCUT2D eigenvalue weighted by Gasteiger charge is 2.10. The van der Waals surface area contributed by atoms with Gasteiger partial charge in [-0.15, -0.1) is 0 Å². The van der Waals surface area contributed by atoms with Gasteiger partial charge in [-0.3, -0.25) is 0 Å². The van der Waals surface area contributed by atoms with Crippen LogP contribution >= 0.6 is 0 Å². The molecular weight excluding hydrogens is 420 g/mol. The number of hydrogen-bond donors (Lipinski definition) is 0. The molecule has 0 aliphatic heterocycles. The fourth-order valence-electron chi connectivity index (χ4n) is 5.53. The van der Waals surface area contributed by atoms with Crippen LogP contribution in [0.2, 0.25) is 0 Å². The van der Waals surface area contributed by atoms with Crippen molar-refractivity contribution >= 4 is 55.2 Å². The molecule has 0 unspecified atom stereocenters. The third-order valence-corrected chi connectivity index (χ3v) is 7.30. The lowest BCUT2D eigenvalue weighted by atomic mass is 9.91. The van der Waals surface area contributed by atoms with Crippen LogP contribution in [0, 0.1) is 0 Å². The Bertz CT molecular complexity index is 1620. The van der Waals surface area contributed by atoms with Crippen molar-refractivity contribution in [2.24, 2.45) is 0 Å². The molecule has 0 aliphatic rings. The third kappa shape index (κ3) is 3.82. The molecule has 6 aromatic rings. The first-order valence-electron chi connectivity index (χ1n) is 12.4. The number of benzene rings is 6. The Kier molecular flexibility index (Phi) is 5.43. The van der Waals surface area contributed by atoms with Crippen LogP contribution in [0.25, 0.3) is 55.2 Å². The van der Waals surface area contributed by atoms with E-state index in [2.05, 4.69) is 110 Å². The van der Waals surface area contributed by atoms with E-state index < -0.39 is 0 Å². The summed E-state index contributed by atoms with van der Waals surface area (Å²) in [6.07, 6.45) is 7.08. The molecule has 6 rings (SSSR count). The summed E-state index contributed by atoms with van der Waals surface area (Å²) in [5.74, 6) is 0. The average molecular weight is 449 g/mol. The smallest absolute Gasteiger partial charge is 0.00993 e. The van der Waals surface area contributed by atoms with E-state index in [1.165, 1.54) is 65.3 Å². The molecule has 0 amide bonds. The van der Waals surface area contributed by atoms with Gasteiger partial charge in [0.15, 0.2) is 0 Å². The summed E-state index contributed by atoms with van der Waals surface area (Å²) in [6.45, 7) is 7.90. The minimum atomic E-state index is 1.06. The summed E-state index contributed by atoms with van der Waals surface area (Å²) >= 11 is 0. The van der Waals surface area contributed by atoms with Crippen molar-refractivity contribution in [2.75, 3.05) is 0 Å². The zero-order valence-corrected chi connectivity index (χ0v) is 19.9. The summed E-state index contributed by atoms with van der Waals surface area (Å²) in [6, 6.07) is 35.7. The molecule has 6 aromatic carbocycles. The molecular formula is C35H28. The Morgan fingerprint density at radius 2 is 0.886 bits per heavy atom. The normalized spacial score (nSPS) is 11.4. The minimum absolute atomic E-state index is 1.06. The van der Waals surface area contributed by atoms with Crippen LogP contribution in [0.5, 0.6) is 0 Å². The molecule has 168 valence electrons. The molecule has 0 aliphatic carbocycles. The van der Waals surface area contributed by atoms with Gasteiger partial charge in [0.05, 0.1) is 0 Å². The Morgan fingerprint density at radius 3 is 1.31 bits per heavy atom. The maximum absolute atomic E-state index is 3.95. The maximum atomic E-state index is 3.95. The number of aryl methyl sites for hydroxylation is 2. The Morgan fingerprint density at radius 1 is 0.457 bits per heavy atom. The van der Waals surface area contributed by atoms with Crippen LogP contribution in [-0.4, -0.2) is 0 Å². The summed E-state index contributed by atoms with van der Waals surface area (Å²) in [5, 5.41) is 10.6. The van der Waals surface area contributed by atoms with Crippen molar-refractivity contribution in [2.45, 2.75) is 19.3 Å². The highest BCUT2D eigenvalue weighted by molar-refractivity contribution is 6.10. The van der Waals surface area contributed by atoms with E-state index in [9.17, 15) is 0 Å². The molecule has 35 heavy (non-hydrogen) atoms. The topological polar surface area (TPSA) is 0 Å². The average Bonchev–Trinajstić information content (AvgIpc) is 2.92. The van der Waals surface area contributed by atoms with Crippen molar-refractivity contribution in [3.63, 3.8) is 0 Å². The van der Waals surface area contributed by atoms with Gasteiger partial charge in [0.1, 0.15) is 0 Å². The van der Waals surface area contributed by atoms with E-state index in [0.717, 1.165) is 19.3 Å². The lowest BCUT2D eigenvalue weighted by molar-refractivity contribution is 0.831. The standard InChI is InChI=1S/C35H28/c1-3-24-16-18-28-22-26(30-12-5-7-14-32(30)34(28)20-24)10-9-11-27-23-29-19-17-25(4-2)21-35(29)33-15-8-6-13-31(27)33/h3-8,12-23H,1-2,9-11H2. The molecule has 0 heteroatoms. The quantitative estimate of drug-likeness (QED) is 0.222. The van der Waals surface area contributed by atoms with Gasteiger partial charge in [0.25, 0.3) is 0 Å². The van der Waals surface area contributed by atoms with Gasteiger partial charge in [-0.05, 0) is 96.7 Å². The first-order valence-corrected chi connectivity index (χ1v) is 12.4. The molecule has 0 saturated carbocycles. The molecule has 0 aromatic heterocycles. The van der Waals surface area contributed by atoms with E-state index in [4.69, 9.17) is 0 Å². The van der Waals surface area contributed by atoms with Gasteiger partial charge in [-0.1, -0.05) is 110 Å². The van der Waals surface area contributed by atoms with Crippen molar-refractivity contribution in [3.05, 3.63) is 132 Å². The van der Waals surface area contributed by atoms with Crippen LogP contribution in [0.3, 0.4) is 0 Å². The van der Waals surface area contributed by atoms with Gasteiger partial charge < -0.3 is 0 Å². The Balaban J connectivity index is 1.37. The van der Waals surface area contributed by atoms with Crippen LogP contribution in [0.4, 0.5) is 0 Å². The summed E-state index contributed by atoms with van der Waals surface area (Å²) in [7, 11) is 0. The lowest BCUT2D eigenvalue weighted by Crippen LogP contribution is -1.94. The largest absolute Gasteiger partial charge is 0.0985 e. The second kappa shape index (κ2) is 8.89. The van der Waals surface area contributed by atoms with Crippen LogP contribution < -0.4 is 0 Å². The first kappa shape index (κ1) is 21.4. The Hall–Kier alpha value is -4.16. The number of fused-ring (bicyclic) bond motifs is 6. The molecule has 0 radical (unpaired) electrons. The second-order valence-electron chi connectivity index (χ2n) is 9.39. The molecule has 0 bridgehead atoms. The SMILES string of the molecule is C=Cc1ccc2cc(CCCc3cc4ccc(C=C)cc4c4ccccc34)c3ccccc3c2c1.